The summed E-state index contributed by atoms with van der Waals surface area (Å²) < 4.78 is 54.8. The van der Waals surface area contributed by atoms with Gasteiger partial charge in [-0.25, -0.2) is 4.79 Å². The van der Waals surface area contributed by atoms with Crippen molar-refractivity contribution < 1.29 is 42.1 Å². The molecule has 3 aromatic rings. The molecule has 1 atom stereocenters. The van der Waals surface area contributed by atoms with Gasteiger partial charge in [0, 0.05) is 16.8 Å². The van der Waals surface area contributed by atoms with Gasteiger partial charge in [0.25, 0.3) is 0 Å². The highest BCUT2D eigenvalue weighted by Gasteiger charge is 2.34. The number of hydrogen-bond acceptors (Lipinski definition) is 6. The van der Waals surface area contributed by atoms with E-state index in [1.165, 1.54) is 18.2 Å². The summed E-state index contributed by atoms with van der Waals surface area (Å²) in [4.78, 5) is 20.6. The molecule has 0 spiro atoms. The number of fused-ring (bicyclic) bond motifs is 1. The van der Waals surface area contributed by atoms with Crippen LogP contribution in [0.3, 0.4) is 0 Å². The minimum atomic E-state index is -4.85. The summed E-state index contributed by atoms with van der Waals surface area (Å²) in [5, 5.41) is 10.3. The Balaban J connectivity index is 0.00000140. The molecule has 0 bridgehead atoms. The van der Waals surface area contributed by atoms with Crippen molar-refractivity contribution >= 4 is 18.4 Å². The van der Waals surface area contributed by atoms with Gasteiger partial charge in [-0.05, 0) is 112 Å². The fourth-order valence-corrected chi connectivity index (χ4v) is 5.07. The summed E-state index contributed by atoms with van der Waals surface area (Å²) in [6.07, 6.45) is 0.0532. The van der Waals surface area contributed by atoms with Gasteiger partial charge in [-0.2, -0.15) is 0 Å². The molecule has 3 N–H and O–H groups in total. The number of nitrogens with two attached hydrogens (primary N) is 1. The zero-order valence-electron chi connectivity index (χ0n) is 27.7. The molecule has 1 aliphatic heterocycles. The van der Waals surface area contributed by atoms with E-state index >= 15 is 0 Å². The summed E-state index contributed by atoms with van der Waals surface area (Å²) in [6, 6.07) is 11.3. The summed E-state index contributed by atoms with van der Waals surface area (Å²) in [5.41, 5.74) is 10.8. The van der Waals surface area contributed by atoms with E-state index in [-0.39, 0.29) is 11.4 Å². The van der Waals surface area contributed by atoms with Crippen LogP contribution in [0.2, 0.25) is 0 Å². The fourth-order valence-electron chi connectivity index (χ4n) is 5.07. The Morgan fingerprint density at radius 2 is 1.63 bits per heavy atom. The Bertz CT molecular complexity index is 1520. The van der Waals surface area contributed by atoms with E-state index in [0.717, 1.165) is 29.7 Å². The quantitative estimate of drug-likeness (QED) is 0.204. The first-order valence-corrected chi connectivity index (χ1v) is 14.7. The summed E-state index contributed by atoms with van der Waals surface area (Å²) in [5.74, 6) is 1.46. The van der Waals surface area contributed by atoms with Crippen LogP contribution in [0.15, 0.2) is 42.5 Å². The molecule has 0 saturated heterocycles. The number of terminal acetylenes is 1. The highest BCUT2D eigenvalue weighted by Crippen LogP contribution is 2.47. The smallest absolute Gasteiger partial charge is 0.493 e. The molecular weight excluding hydrogens is 599 g/mol. The van der Waals surface area contributed by atoms with Gasteiger partial charge in [-0.1, -0.05) is 32.0 Å². The second kappa shape index (κ2) is 17.3. The average Bonchev–Trinajstić information content (AvgIpc) is 2.99. The van der Waals surface area contributed by atoms with Gasteiger partial charge in [-0.15, -0.1) is 25.5 Å². The maximum atomic E-state index is 12.9. The van der Waals surface area contributed by atoms with Crippen LogP contribution in [0.1, 0.15) is 76.3 Å². The number of alkyl halides is 3. The van der Waals surface area contributed by atoms with Crippen molar-refractivity contribution in [2.45, 2.75) is 86.3 Å². The first-order chi connectivity index (χ1) is 21.6. The highest BCUT2D eigenvalue weighted by molar-refractivity contribution is 5.93. The number of halogens is 3. The molecule has 4 rings (SSSR count). The van der Waals surface area contributed by atoms with Crippen molar-refractivity contribution in [3.63, 3.8) is 0 Å². The van der Waals surface area contributed by atoms with Crippen molar-refractivity contribution in [2.75, 3.05) is 12.3 Å². The predicted octanol–water partition coefficient (Wildman–Crippen LogP) is 8.86. The van der Waals surface area contributed by atoms with Crippen LogP contribution in [0.5, 0.6) is 11.5 Å². The number of nitrogen functional groups attached to an aromatic ring is 1. The standard InChI is InChI=1S/C30H32F3NO5.C3H4.C2H6.CH2O/c1-16-23(20-11-12-22-18(14-20)9-7-13-37-22)25(27(28(35)36)39-29(3,4)5)17(2)26(34)24(16)19-8-6-10-21(15-19)38-30(31,32)33;1-3-2;2*1-2/h6,8,10-12,14-15,27H,7,9,13,34H2,1-5H3,(H,35,36);1H,2H3;1-2H3;1H2. The van der Waals surface area contributed by atoms with Crippen molar-refractivity contribution in [3.05, 3.63) is 64.7 Å². The Kier molecular flexibility index (Phi) is 14.8. The molecule has 46 heavy (non-hydrogen) atoms. The van der Waals surface area contributed by atoms with Crippen molar-refractivity contribution in [3.8, 4) is 46.1 Å². The number of aryl methyl sites for hydroxylation is 1. The van der Waals surface area contributed by atoms with E-state index in [1.54, 1.807) is 47.6 Å². The molecule has 3 aromatic carbocycles. The highest BCUT2D eigenvalue weighted by atomic mass is 19.4. The number of anilines is 1. The maximum absolute atomic E-state index is 12.9. The molecule has 250 valence electrons. The van der Waals surface area contributed by atoms with Crippen LogP contribution in [0, 0.1) is 26.2 Å². The van der Waals surface area contributed by atoms with Crippen LogP contribution >= 0.6 is 0 Å². The Labute approximate surface area is 269 Å². The van der Waals surface area contributed by atoms with Gasteiger partial charge in [0.15, 0.2) is 6.10 Å². The molecule has 0 fully saturated rings. The zero-order chi connectivity index (χ0) is 35.4. The molecule has 1 unspecified atom stereocenters. The summed E-state index contributed by atoms with van der Waals surface area (Å²) in [6.45, 7) is 17.1. The van der Waals surface area contributed by atoms with E-state index in [2.05, 4.69) is 17.1 Å². The van der Waals surface area contributed by atoms with E-state index in [1.807, 2.05) is 38.8 Å². The lowest BCUT2D eigenvalue weighted by Gasteiger charge is -2.30. The van der Waals surface area contributed by atoms with Gasteiger partial charge in [-0.3, -0.25) is 0 Å². The van der Waals surface area contributed by atoms with Gasteiger partial charge >= 0.3 is 12.3 Å². The van der Waals surface area contributed by atoms with Gasteiger partial charge in [0.2, 0.25) is 0 Å². The van der Waals surface area contributed by atoms with Crippen LogP contribution in [-0.2, 0) is 20.7 Å². The molecule has 1 aliphatic rings. The maximum Gasteiger partial charge on any atom is 0.573 e. The molecule has 10 heteroatoms. The van der Waals surface area contributed by atoms with Gasteiger partial charge in [0.05, 0.1) is 12.2 Å². The SMILES string of the molecule is C#CC.C=O.CC.Cc1c(-c2cccc(OC(F)(F)F)c2)c(N)c(C)c(C(OC(C)(C)C)C(=O)O)c1-c1ccc2c(c1)CCCO2. The molecule has 0 amide bonds. The number of carboxylic acids is 1. The number of hydrogen-bond donors (Lipinski definition) is 2. The summed E-state index contributed by atoms with van der Waals surface area (Å²) in [7, 11) is 0. The Hall–Kier alpha value is -4.49. The van der Waals surface area contributed by atoms with Gasteiger partial charge in [0.1, 0.15) is 18.3 Å². The van der Waals surface area contributed by atoms with Gasteiger partial charge < -0.3 is 29.8 Å². The van der Waals surface area contributed by atoms with Crippen molar-refractivity contribution in [2.24, 2.45) is 0 Å². The third-order valence-corrected chi connectivity index (χ3v) is 6.61. The van der Waals surface area contributed by atoms with Crippen LogP contribution in [0.25, 0.3) is 22.3 Å². The lowest BCUT2D eigenvalue weighted by atomic mass is 9.82. The lowest BCUT2D eigenvalue weighted by Crippen LogP contribution is -2.28. The van der Waals surface area contributed by atoms with E-state index in [9.17, 15) is 23.1 Å². The molecule has 0 aromatic heterocycles. The topological polar surface area (TPSA) is 108 Å². The zero-order valence-corrected chi connectivity index (χ0v) is 27.7. The summed E-state index contributed by atoms with van der Waals surface area (Å²) >= 11 is 0. The number of benzene rings is 3. The monoisotopic (exact) mass is 643 g/mol. The van der Waals surface area contributed by atoms with Crippen molar-refractivity contribution in [1.29, 1.82) is 0 Å². The van der Waals surface area contributed by atoms with E-state index in [0.29, 0.717) is 40.0 Å². The number of ether oxygens (including phenoxy) is 3. The normalized spacial score (nSPS) is 12.6. The Morgan fingerprint density at radius 1 is 1.04 bits per heavy atom. The average molecular weight is 644 g/mol. The number of carbonyl (C=O) groups is 2. The molecule has 0 saturated carbocycles. The fraction of sp³-hybridized carbons (Fsp3) is 0.389. The minimum Gasteiger partial charge on any atom is -0.493 e. The van der Waals surface area contributed by atoms with E-state index in [4.69, 9.17) is 20.0 Å². The Morgan fingerprint density at radius 3 is 2.17 bits per heavy atom. The number of carboxylic acid groups (broad SMARTS) is 1. The molecule has 1 heterocycles. The third kappa shape index (κ3) is 10.3. The molecule has 7 nitrogen and oxygen atoms in total. The number of rotatable bonds is 6. The first kappa shape index (κ1) is 39.5. The van der Waals surface area contributed by atoms with Crippen molar-refractivity contribution in [1.82, 2.24) is 0 Å². The molecular formula is C36H44F3NO6. The second-order valence-corrected chi connectivity index (χ2v) is 10.9. The minimum absolute atomic E-state index is 0.250. The number of aliphatic carboxylic acids is 1. The van der Waals surface area contributed by atoms with Crippen LogP contribution in [0.4, 0.5) is 18.9 Å². The predicted molar refractivity (Wildman–Crippen MR) is 176 cm³/mol. The van der Waals surface area contributed by atoms with E-state index < -0.39 is 24.0 Å². The number of carbonyl (C=O) groups excluding carboxylic acids is 1. The first-order valence-electron chi connectivity index (χ1n) is 14.7. The molecule has 0 radical (unpaired) electrons. The largest absolute Gasteiger partial charge is 0.573 e. The molecule has 0 aliphatic carbocycles. The lowest BCUT2D eigenvalue weighted by molar-refractivity contribution is -0.274. The van der Waals surface area contributed by atoms with Crippen LogP contribution < -0.4 is 15.2 Å². The van der Waals surface area contributed by atoms with Crippen LogP contribution in [-0.4, -0.2) is 36.4 Å². The second-order valence-electron chi connectivity index (χ2n) is 10.9. The third-order valence-electron chi connectivity index (χ3n) is 6.61.